The lowest BCUT2D eigenvalue weighted by atomic mass is 10.1. The minimum atomic E-state index is -3.43. The van der Waals surface area contributed by atoms with Crippen LogP contribution in [0.5, 0.6) is 0 Å². The van der Waals surface area contributed by atoms with Gasteiger partial charge in [0.05, 0.1) is 16.6 Å². The van der Waals surface area contributed by atoms with Gasteiger partial charge in [0.25, 0.3) is 5.91 Å². The first-order chi connectivity index (χ1) is 11.3. The minimum absolute atomic E-state index is 0.0124. The first-order valence-electron chi connectivity index (χ1n) is 7.63. The molecule has 132 valence electrons. The average molecular weight is 355 g/mol. The third kappa shape index (κ3) is 5.04. The Balaban J connectivity index is 1.91. The summed E-state index contributed by atoms with van der Waals surface area (Å²) in [6.07, 6.45) is 2.95. The number of rotatable bonds is 6. The van der Waals surface area contributed by atoms with Crippen molar-refractivity contribution in [3.8, 4) is 0 Å². The molecule has 1 fully saturated rings. The molecule has 7 nitrogen and oxygen atoms in total. The minimum Gasteiger partial charge on any atom is -0.452 e. The van der Waals surface area contributed by atoms with E-state index in [1.165, 1.54) is 18.2 Å². The Morgan fingerprint density at radius 2 is 2.12 bits per heavy atom. The van der Waals surface area contributed by atoms with E-state index in [1.54, 1.807) is 6.92 Å². The van der Waals surface area contributed by atoms with Crippen LogP contribution in [0, 0.1) is 6.92 Å². The molecule has 0 aromatic heterocycles. The molecule has 1 N–H and O–H groups in total. The van der Waals surface area contributed by atoms with Crippen LogP contribution in [0.25, 0.3) is 0 Å². The lowest BCUT2D eigenvalue weighted by Gasteiger charge is -2.11. The molecule has 1 saturated heterocycles. The van der Waals surface area contributed by atoms with Gasteiger partial charge in [-0.25, -0.2) is 13.2 Å². The Morgan fingerprint density at radius 3 is 2.75 bits per heavy atom. The van der Waals surface area contributed by atoms with Gasteiger partial charge in [0.15, 0.2) is 16.4 Å². The van der Waals surface area contributed by atoms with E-state index in [-0.39, 0.29) is 16.6 Å². The Kier molecular flexibility index (Phi) is 5.95. The Hall–Kier alpha value is -1.93. The zero-order chi connectivity index (χ0) is 17.7. The molecular weight excluding hydrogens is 334 g/mol. The Morgan fingerprint density at radius 1 is 1.38 bits per heavy atom. The summed E-state index contributed by atoms with van der Waals surface area (Å²) in [6, 6.07) is 4.22. The first-order valence-corrected chi connectivity index (χ1v) is 9.52. The van der Waals surface area contributed by atoms with Crippen molar-refractivity contribution in [1.29, 1.82) is 0 Å². The molecule has 8 heteroatoms. The van der Waals surface area contributed by atoms with Crippen LogP contribution < -0.4 is 5.32 Å². The molecule has 1 heterocycles. The van der Waals surface area contributed by atoms with E-state index in [2.05, 4.69) is 5.32 Å². The quantitative estimate of drug-likeness (QED) is 0.760. The number of hydrogen-bond acceptors (Lipinski definition) is 6. The number of aryl methyl sites for hydroxylation is 1. The Bertz CT molecular complexity index is 722. The number of benzene rings is 1. The van der Waals surface area contributed by atoms with Gasteiger partial charge in [-0.3, -0.25) is 4.79 Å². The predicted molar refractivity (Wildman–Crippen MR) is 86.6 cm³/mol. The summed E-state index contributed by atoms with van der Waals surface area (Å²) >= 11 is 0. The predicted octanol–water partition coefficient (Wildman–Crippen LogP) is 0.851. The van der Waals surface area contributed by atoms with E-state index >= 15 is 0 Å². The Labute approximate surface area is 141 Å². The van der Waals surface area contributed by atoms with Gasteiger partial charge in [-0.1, -0.05) is 6.07 Å². The number of sulfone groups is 1. The molecule has 1 aliphatic rings. The van der Waals surface area contributed by atoms with Crippen molar-refractivity contribution >= 4 is 21.7 Å². The number of amides is 1. The van der Waals surface area contributed by atoms with E-state index in [9.17, 15) is 18.0 Å². The number of carbonyl (C=O) groups is 2. The van der Waals surface area contributed by atoms with Crippen molar-refractivity contribution in [1.82, 2.24) is 5.32 Å². The monoisotopic (exact) mass is 355 g/mol. The lowest BCUT2D eigenvalue weighted by Crippen LogP contribution is -2.34. The highest BCUT2D eigenvalue weighted by molar-refractivity contribution is 7.90. The number of esters is 1. The third-order valence-corrected chi connectivity index (χ3v) is 4.85. The summed E-state index contributed by atoms with van der Waals surface area (Å²) in [6.45, 7) is 2.33. The van der Waals surface area contributed by atoms with Crippen LogP contribution in [0.4, 0.5) is 0 Å². The maximum Gasteiger partial charge on any atom is 0.338 e. The van der Waals surface area contributed by atoms with Crippen molar-refractivity contribution in [2.24, 2.45) is 0 Å². The van der Waals surface area contributed by atoms with Crippen LogP contribution in [-0.4, -0.2) is 52.4 Å². The zero-order valence-electron chi connectivity index (χ0n) is 13.7. The molecular formula is C16H21NO6S. The molecule has 1 aromatic carbocycles. The van der Waals surface area contributed by atoms with Gasteiger partial charge in [-0.05, 0) is 37.5 Å². The summed E-state index contributed by atoms with van der Waals surface area (Å²) in [5.41, 5.74) is 0.706. The lowest BCUT2D eigenvalue weighted by molar-refractivity contribution is -0.124. The van der Waals surface area contributed by atoms with Crippen LogP contribution in [0.1, 0.15) is 28.8 Å². The summed E-state index contributed by atoms with van der Waals surface area (Å²) in [4.78, 5) is 23.8. The van der Waals surface area contributed by atoms with Crippen molar-refractivity contribution in [2.75, 3.05) is 26.0 Å². The van der Waals surface area contributed by atoms with Gasteiger partial charge in [-0.15, -0.1) is 0 Å². The van der Waals surface area contributed by atoms with E-state index in [0.29, 0.717) is 18.7 Å². The molecule has 0 saturated carbocycles. The molecule has 1 amide bonds. The smallest absolute Gasteiger partial charge is 0.338 e. The third-order valence-electron chi connectivity index (χ3n) is 3.74. The largest absolute Gasteiger partial charge is 0.452 e. The summed E-state index contributed by atoms with van der Waals surface area (Å²) in [5, 5.41) is 2.64. The zero-order valence-corrected chi connectivity index (χ0v) is 14.5. The highest BCUT2D eigenvalue weighted by Gasteiger charge is 2.18. The van der Waals surface area contributed by atoms with Crippen LogP contribution in [-0.2, 0) is 24.1 Å². The topological polar surface area (TPSA) is 98.8 Å². The van der Waals surface area contributed by atoms with E-state index in [4.69, 9.17) is 9.47 Å². The fourth-order valence-electron chi connectivity index (χ4n) is 2.34. The number of carbonyl (C=O) groups excluding carboxylic acids is 2. The van der Waals surface area contributed by atoms with Gasteiger partial charge >= 0.3 is 5.97 Å². The molecule has 24 heavy (non-hydrogen) atoms. The fraction of sp³-hybridized carbons (Fsp3) is 0.500. The number of hydrogen-bond donors (Lipinski definition) is 1. The molecule has 0 spiro atoms. The van der Waals surface area contributed by atoms with Gasteiger partial charge in [-0.2, -0.15) is 0 Å². The van der Waals surface area contributed by atoms with E-state index in [1.807, 2.05) is 0 Å². The van der Waals surface area contributed by atoms with Crippen LogP contribution in [0.15, 0.2) is 23.1 Å². The second-order valence-electron chi connectivity index (χ2n) is 5.76. The summed E-state index contributed by atoms with van der Waals surface area (Å²) in [7, 11) is -3.43. The highest BCUT2D eigenvalue weighted by atomic mass is 32.2. The van der Waals surface area contributed by atoms with Gasteiger partial charge in [0, 0.05) is 19.4 Å². The van der Waals surface area contributed by atoms with E-state index < -0.39 is 28.3 Å². The second-order valence-corrected chi connectivity index (χ2v) is 7.78. The molecule has 1 aliphatic heterocycles. The van der Waals surface area contributed by atoms with Gasteiger partial charge in [0.2, 0.25) is 0 Å². The van der Waals surface area contributed by atoms with Crippen LogP contribution in [0.3, 0.4) is 0 Å². The van der Waals surface area contributed by atoms with Gasteiger partial charge in [0.1, 0.15) is 0 Å². The van der Waals surface area contributed by atoms with Crippen LogP contribution >= 0.6 is 0 Å². The van der Waals surface area contributed by atoms with Crippen molar-refractivity contribution in [2.45, 2.75) is 30.8 Å². The SMILES string of the molecule is Cc1ccc(S(C)(=O)=O)cc1C(=O)OCC(=O)NC[C@@H]1CCCO1. The normalized spacial score (nSPS) is 17.5. The molecule has 1 atom stereocenters. The summed E-state index contributed by atoms with van der Waals surface area (Å²) in [5.74, 6) is -1.15. The van der Waals surface area contributed by atoms with Crippen molar-refractivity contribution in [3.63, 3.8) is 0 Å². The van der Waals surface area contributed by atoms with E-state index in [0.717, 1.165) is 19.1 Å². The highest BCUT2D eigenvalue weighted by Crippen LogP contribution is 2.16. The molecule has 0 aliphatic carbocycles. The molecule has 0 unspecified atom stereocenters. The number of ether oxygens (including phenoxy) is 2. The number of nitrogens with one attached hydrogen (secondary N) is 1. The fourth-order valence-corrected chi connectivity index (χ4v) is 2.99. The van der Waals surface area contributed by atoms with Crippen LogP contribution in [0.2, 0.25) is 0 Å². The average Bonchev–Trinajstić information content (AvgIpc) is 3.03. The van der Waals surface area contributed by atoms with Gasteiger partial charge < -0.3 is 14.8 Å². The summed E-state index contributed by atoms with van der Waals surface area (Å²) < 4.78 is 33.5. The second kappa shape index (κ2) is 7.76. The van der Waals surface area contributed by atoms with Crippen molar-refractivity contribution in [3.05, 3.63) is 29.3 Å². The molecule has 0 bridgehead atoms. The maximum absolute atomic E-state index is 12.1. The maximum atomic E-state index is 12.1. The van der Waals surface area contributed by atoms with Crippen molar-refractivity contribution < 1.29 is 27.5 Å². The molecule has 0 radical (unpaired) electrons. The standard InChI is InChI=1S/C16H21NO6S/c1-11-5-6-13(24(2,20)21)8-14(11)16(19)23-10-15(18)17-9-12-4-3-7-22-12/h5-6,8,12H,3-4,7,9-10H2,1-2H3,(H,17,18)/t12-/m0/s1. The first kappa shape index (κ1) is 18.4. The molecule has 2 rings (SSSR count). The molecule has 1 aromatic rings.